The lowest BCUT2D eigenvalue weighted by Gasteiger charge is -2.23. The zero-order chi connectivity index (χ0) is 15.3. The molecule has 0 fully saturated rings. The minimum absolute atomic E-state index is 0.200. The van der Waals surface area contributed by atoms with Crippen LogP contribution in [0.5, 0.6) is 0 Å². The zero-order valence-electron chi connectivity index (χ0n) is 11.9. The SMILES string of the molecule is CC(C)(C)OC(=O)NC(CN)Cc1cc(Br)ccc1F. The van der Waals surface area contributed by atoms with Crippen molar-refractivity contribution in [1.82, 2.24) is 5.32 Å². The van der Waals surface area contributed by atoms with Crippen LogP contribution in [0.1, 0.15) is 26.3 Å². The van der Waals surface area contributed by atoms with E-state index in [1.54, 1.807) is 32.9 Å². The summed E-state index contributed by atoms with van der Waals surface area (Å²) in [6.07, 6.45) is -0.246. The Hall–Kier alpha value is -1.14. The number of rotatable bonds is 4. The highest BCUT2D eigenvalue weighted by Crippen LogP contribution is 2.17. The second-order valence-electron chi connectivity index (χ2n) is 5.52. The fourth-order valence-electron chi connectivity index (χ4n) is 1.63. The molecule has 0 heterocycles. The van der Waals surface area contributed by atoms with Gasteiger partial charge in [-0.2, -0.15) is 0 Å². The molecule has 1 atom stereocenters. The van der Waals surface area contributed by atoms with Crippen molar-refractivity contribution in [2.24, 2.45) is 5.73 Å². The van der Waals surface area contributed by atoms with Crippen molar-refractivity contribution in [1.29, 1.82) is 0 Å². The molecule has 0 bridgehead atoms. The third kappa shape index (κ3) is 5.88. The first-order valence-corrected chi connectivity index (χ1v) is 7.14. The smallest absolute Gasteiger partial charge is 0.407 e. The molecule has 0 saturated heterocycles. The van der Waals surface area contributed by atoms with Gasteiger partial charge in [0.15, 0.2) is 0 Å². The van der Waals surface area contributed by atoms with Gasteiger partial charge in [-0.3, -0.25) is 0 Å². The Kier molecular flexibility index (Phi) is 5.95. The van der Waals surface area contributed by atoms with Crippen LogP contribution in [0.3, 0.4) is 0 Å². The number of carbonyl (C=O) groups is 1. The summed E-state index contributed by atoms with van der Waals surface area (Å²) < 4.78 is 19.6. The normalized spacial score (nSPS) is 12.9. The molecule has 1 amide bonds. The highest BCUT2D eigenvalue weighted by molar-refractivity contribution is 9.10. The molecule has 112 valence electrons. The van der Waals surface area contributed by atoms with Crippen LogP contribution in [0.4, 0.5) is 9.18 Å². The van der Waals surface area contributed by atoms with Crippen molar-refractivity contribution >= 4 is 22.0 Å². The molecule has 6 heteroatoms. The summed E-state index contributed by atoms with van der Waals surface area (Å²) in [5, 5.41) is 2.65. The molecule has 0 spiro atoms. The van der Waals surface area contributed by atoms with Gasteiger partial charge in [0, 0.05) is 17.1 Å². The van der Waals surface area contributed by atoms with Crippen LogP contribution in [-0.4, -0.2) is 24.3 Å². The number of ether oxygens (including phenoxy) is 1. The Morgan fingerprint density at radius 1 is 1.50 bits per heavy atom. The van der Waals surface area contributed by atoms with E-state index in [1.165, 1.54) is 6.07 Å². The van der Waals surface area contributed by atoms with Gasteiger partial charge in [0.05, 0.1) is 0 Å². The van der Waals surface area contributed by atoms with Crippen molar-refractivity contribution in [3.63, 3.8) is 0 Å². The number of benzene rings is 1. The predicted octanol–water partition coefficient (Wildman–Crippen LogP) is 2.98. The first-order chi connectivity index (χ1) is 9.21. The Morgan fingerprint density at radius 2 is 2.15 bits per heavy atom. The molecule has 4 nitrogen and oxygen atoms in total. The van der Waals surface area contributed by atoms with E-state index in [0.29, 0.717) is 12.0 Å². The van der Waals surface area contributed by atoms with Gasteiger partial charge >= 0.3 is 6.09 Å². The summed E-state index contributed by atoms with van der Waals surface area (Å²) in [6, 6.07) is 4.29. The molecule has 1 unspecified atom stereocenters. The fraction of sp³-hybridized carbons (Fsp3) is 0.500. The number of halogens is 2. The highest BCUT2D eigenvalue weighted by atomic mass is 79.9. The van der Waals surface area contributed by atoms with Crippen LogP contribution in [0.2, 0.25) is 0 Å². The third-order valence-corrected chi connectivity index (χ3v) is 2.97. The van der Waals surface area contributed by atoms with Gasteiger partial charge in [-0.25, -0.2) is 9.18 Å². The quantitative estimate of drug-likeness (QED) is 0.880. The van der Waals surface area contributed by atoms with Crippen LogP contribution in [0.15, 0.2) is 22.7 Å². The Morgan fingerprint density at radius 3 is 2.70 bits per heavy atom. The van der Waals surface area contributed by atoms with Crippen LogP contribution >= 0.6 is 15.9 Å². The molecule has 1 aromatic carbocycles. The Labute approximate surface area is 127 Å². The topological polar surface area (TPSA) is 64.3 Å². The fourth-order valence-corrected chi connectivity index (χ4v) is 2.04. The van der Waals surface area contributed by atoms with Gasteiger partial charge in [-0.15, -0.1) is 0 Å². The lowest BCUT2D eigenvalue weighted by molar-refractivity contribution is 0.0505. The van der Waals surface area contributed by atoms with Crippen LogP contribution in [0.25, 0.3) is 0 Å². The van der Waals surface area contributed by atoms with E-state index >= 15 is 0 Å². The average Bonchev–Trinajstić information content (AvgIpc) is 2.30. The maximum atomic E-state index is 13.7. The van der Waals surface area contributed by atoms with Crippen molar-refractivity contribution < 1.29 is 13.9 Å². The van der Waals surface area contributed by atoms with Crippen molar-refractivity contribution in [2.45, 2.75) is 38.8 Å². The summed E-state index contributed by atoms with van der Waals surface area (Å²) in [4.78, 5) is 11.7. The number of alkyl carbamates (subject to hydrolysis) is 1. The van der Waals surface area contributed by atoms with Gasteiger partial charge in [-0.05, 0) is 51.0 Å². The van der Waals surface area contributed by atoms with E-state index in [4.69, 9.17) is 10.5 Å². The second kappa shape index (κ2) is 7.04. The summed E-state index contributed by atoms with van der Waals surface area (Å²) >= 11 is 3.29. The summed E-state index contributed by atoms with van der Waals surface area (Å²) in [5.74, 6) is -0.322. The van der Waals surface area contributed by atoms with Crippen LogP contribution in [-0.2, 0) is 11.2 Å². The zero-order valence-corrected chi connectivity index (χ0v) is 13.5. The number of hydrogen-bond donors (Lipinski definition) is 2. The Balaban J connectivity index is 2.68. The highest BCUT2D eigenvalue weighted by Gasteiger charge is 2.19. The number of hydrogen-bond acceptors (Lipinski definition) is 3. The summed E-state index contributed by atoms with van der Waals surface area (Å²) in [6.45, 7) is 5.53. The van der Waals surface area contributed by atoms with E-state index in [1.807, 2.05) is 0 Å². The molecular formula is C14H20BrFN2O2. The summed E-state index contributed by atoms with van der Waals surface area (Å²) in [7, 11) is 0. The van der Waals surface area contributed by atoms with Crippen molar-refractivity contribution in [3.8, 4) is 0 Å². The molecule has 1 rings (SSSR count). The number of nitrogens with one attached hydrogen (secondary N) is 1. The monoisotopic (exact) mass is 346 g/mol. The molecule has 3 N–H and O–H groups in total. The van der Waals surface area contributed by atoms with E-state index < -0.39 is 11.7 Å². The maximum Gasteiger partial charge on any atom is 0.407 e. The van der Waals surface area contributed by atoms with E-state index in [9.17, 15) is 9.18 Å². The van der Waals surface area contributed by atoms with Crippen LogP contribution in [0, 0.1) is 5.82 Å². The second-order valence-corrected chi connectivity index (χ2v) is 6.43. The molecule has 0 aliphatic carbocycles. The van der Waals surface area contributed by atoms with Gasteiger partial charge in [-0.1, -0.05) is 15.9 Å². The molecule has 0 radical (unpaired) electrons. The standard InChI is InChI=1S/C14H20BrFN2O2/c1-14(2,3)20-13(19)18-11(8-17)7-9-6-10(15)4-5-12(9)16/h4-6,11H,7-8,17H2,1-3H3,(H,18,19). The van der Waals surface area contributed by atoms with E-state index in [2.05, 4.69) is 21.2 Å². The molecule has 0 aliphatic rings. The minimum Gasteiger partial charge on any atom is -0.444 e. The molecular weight excluding hydrogens is 327 g/mol. The maximum absolute atomic E-state index is 13.7. The molecule has 1 aromatic rings. The number of nitrogens with two attached hydrogens (primary N) is 1. The summed E-state index contributed by atoms with van der Waals surface area (Å²) in [5.41, 5.74) is 5.53. The first kappa shape index (κ1) is 16.9. The first-order valence-electron chi connectivity index (χ1n) is 6.35. The Bertz CT molecular complexity index is 475. The van der Waals surface area contributed by atoms with E-state index in [0.717, 1.165) is 4.47 Å². The molecule has 0 saturated carbocycles. The van der Waals surface area contributed by atoms with Crippen molar-refractivity contribution in [3.05, 3.63) is 34.1 Å². The molecule has 20 heavy (non-hydrogen) atoms. The average molecular weight is 347 g/mol. The minimum atomic E-state index is -0.579. The predicted molar refractivity (Wildman–Crippen MR) is 80.0 cm³/mol. The van der Waals surface area contributed by atoms with Gasteiger partial charge in [0.1, 0.15) is 11.4 Å². The lowest BCUT2D eigenvalue weighted by Crippen LogP contribution is -2.44. The molecule has 0 aliphatic heterocycles. The van der Waals surface area contributed by atoms with Crippen molar-refractivity contribution in [2.75, 3.05) is 6.54 Å². The third-order valence-electron chi connectivity index (χ3n) is 2.48. The van der Waals surface area contributed by atoms with Gasteiger partial charge < -0.3 is 15.8 Å². The molecule has 0 aromatic heterocycles. The number of amides is 1. The van der Waals surface area contributed by atoms with Gasteiger partial charge in [0.2, 0.25) is 0 Å². The van der Waals surface area contributed by atoms with E-state index in [-0.39, 0.29) is 18.4 Å². The largest absolute Gasteiger partial charge is 0.444 e. The van der Waals surface area contributed by atoms with Crippen LogP contribution < -0.4 is 11.1 Å². The number of carbonyl (C=O) groups excluding carboxylic acids is 1. The lowest BCUT2D eigenvalue weighted by atomic mass is 10.1. The van der Waals surface area contributed by atoms with Gasteiger partial charge in [0.25, 0.3) is 0 Å².